The van der Waals surface area contributed by atoms with Crippen LogP contribution < -0.4 is 14.4 Å². The van der Waals surface area contributed by atoms with Crippen molar-refractivity contribution < 1.29 is 22.7 Å². The molecule has 1 aliphatic rings. The first-order valence-corrected chi connectivity index (χ1v) is 16.8. The second-order valence-corrected chi connectivity index (χ2v) is 13.7. The highest BCUT2D eigenvalue weighted by molar-refractivity contribution is 7.92. The summed E-state index contributed by atoms with van der Waals surface area (Å²) in [6, 6.07) is 17.8. The van der Waals surface area contributed by atoms with Gasteiger partial charge >= 0.3 is 0 Å². The largest absolute Gasteiger partial charge is 0.495 e. The van der Waals surface area contributed by atoms with Crippen LogP contribution in [-0.2, 0) is 32.6 Å². The van der Waals surface area contributed by atoms with Gasteiger partial charge in [-0.3, -0.25) is 13.9 Å². The van der Waals surface area contributed by atoms with Crippen LogP contribution in [0.4, 0.5) is 5.69 Å². The predicted molar refractivity (Wildman–Crippen MR) is 172 cm³/mol. The highest BCUT2D eigenvalue weighted by atomic mass is 35.5. The number of anilines is 1. The summed E-state index contributed by atoms with van der Waals surface area (Å²) in [5, 5.41) is 4.01. The SMILES string of the molecule is COc1ccc(Cl)cc1N(CC(=O)N(Cc1c(Cl)cccc1Cl)C(Cc1ccccc1)C(=O)NC1CCCC1)S(C)(=O)=O. The van der Waals surface area contributed by atoms with E-state index in [9.17, 15) is 18.0 Å². The number of benzene rings is 3. The maximum absolute atomic E-state index is 14.3. The van der Waals surface area contributed by atoms with Crippen molar-refractivity contribution in [1.82, 2.24) is 10.2 Å². The van der Waals surface area contributed by atoms with Gasteiger partial charge in [0.2, 0.25) is 21.8 Å². The van der Waals surface area contributed by atoms with E-state index in [0.717, 1.165) is 41.8 Å². The number of rotatable bonds is 12. The van der Waals surface area contributed by atoms with Gasteiger partial charge in [-0.15, -0.1) is 0 Å². The molecule has 0 radical (unpaired) electrons. The second kappa shape index (κ2) is 14.7. The Hall–Kier alpha value is -2.98. The lowest BCUT2D eigenvalue weighted by Gasteiger charge is -2.34. The minimum absolute atomic E-state index is 0.00475. The quantitative estimate of drug-likeness (QED) is 0.251. The van der Waals surface area contributed by atoms with E-state index in [0.29, 0.717) is 15.6 Å². The number of hydrogen-bond donors (Lipinski definition) is 1. The van der Waals surface area contributed by atoms with Crippen molar-refractivity contribution in [3.63, 3.8) is 0 Å². The lowest BCUT2D eigenvalue weighted by Crippen LogP contribution is -2.54. The molecule has 0 aromatic heterocycles. The number of hydrogen-bond acceptors (Lipinski definition) is 5. The molecule has 43 heavy (non-hydrogen) atoms. The second-order valence-electron chi connectivity index (χ2n) is 10.5. The number of methoxy groups -OCH3 is 1. The van der Waals surface area contributed by atoms with E-state index in [2.05, 4.69) is 5.32 Å². The molecule has 4 rings (SSSR count). The van der Waals surface area contributed by atoms with Crippen LogP contribution in [0.2, 0.25) is 15.1 Å². The Morgan fingerprint density at radius 1 is 0.977 bits per heavy atom. The highest BCUT2D eigenvalue weighted by Crippen LogP contribution is 2.34. The molecule has 1 atom stereocenters. The van der Waals surface area contributed by atoms with E-state index < -0.39 is 28.5 Å². The Morgan fingerprint density at radius 2 is 1.63 bits per heavy atom. The summed E-state index contributed by atoms with van der Waals surface area (Å²) in [5.74, 6) is -0.757. The van der Waals surface area contributed by atoms with Crippen molar-refractivity contribution in [1.29, 1.82) is 0 Å². The fourth-order valence-electron chi connectivity index (χ4n) is 5.23. The summed E-state index contributed by atoms with van der Waals surface area (Å²) in [6.07, 6.45) is 4.90. The van der Waals surface area contributed by atoms with Gasteiger partial charge < -0.3 is 15.0 Å². The monoisotopic (exact) mass is 665 g/mol. The van der Waals surface area contributed by atoms with Crippen molar-refractivity contribution in [3.05, 3.63) is 92.9 Å². The molecular formula is C31H34Cl3N3O5S. The van der Waals surface area contributed by atoms with Crippen molar-refractivity contribution in [2.45, 2.75) is 50.7 Å². The topological polar surface area (TPSA) is 96.0 Å². The molecule has 1 unspecified atom stereocenters. The van der Waals surface area contributed by atoms with Gasteiger partial charge in [0.05, 0.1) is 19.1 Å². The fourth-order valence-corrected chi connectivity index (χ4v) is 6.76. The molecule has 1 N–H and O–H groups in total. The van der Waals surface area contributed by atoms with Crippen molar-refractivity contribution in [2.24, 2.45) is 0 Å². The van der Waals surface area contributed by atoms with Gasteiger partial charge in [-0.2, -0.15) is 0 Å². The summed E-state index contributed by atoms with van der Waals surface area (Å²) in [7, 11) is -2.62. The molecule has 230 valence electrons. The number of nitrogens with zero attached hydrogens (tertiary/aromatic N) is 2. The number of halogens is 3. The molecule has 2 amide bonds. The van der Waals surface area contributed by atoms with E-state index in [-0.39, 0.29) is 41.4 Å². The number of amides is 2. The van der Waals surface area contributed by atoms with Gasteiger partial charge in [0.1, 0.15) is 18.3 Å². The number of ether oxygens (including phenoxy) is 1. The predicted octanol–water partition coefficient (Wildman–Crippen LogP) is 6.12. The number of carbonyl (C=O) groups is 2. The van der Waals surface area contributed by atoms with Crippen LogP contribution >= 0.6 is 34.8 Å². The van der Waals surface area contributed by atoms with Crippen molar-refractivity contribution in [2.75, 3.05) is 24.2 Å². The van der Waals surface area contributed by atoms with Gasteiger partial charge in [-0.25, -0.2) is 8.42 Å². The Balaban J connectivity index is 1.79. The van der Waals surface area contributed by atoms with Gasteiger partial charge in [-0.05, 0) is 48.7 Å². The molecule has 1 fully saturated rings. The maximum Gasteiger partial charge on any atom is 0.244 e. The van der Waals surface area contributed by atoms with E-state index in [1.165, 1.54) is 24.1 Å². The zero-order chi connectivity index (χ0) is 31.1. The fraction of sp³-hybridized carbons (Fsp3) is 0.355. The summed E-state index contributed by atoms with van der Waals surface area (Å²) in [5.41, 5.74) is 1.36. The Kier molecular flexibility index (Phi) is 11.2. The van der Waals surface area contributed by atoms with Crippen LogP contribution in [0.1, 0.15) is 36.8 Å². The zero-order valence-corrected chi connectivity index (χ0v) is 27.0. The van der Waals surface area contributed by atoms with Gasteiger partial charge in [0.15, 0.2) is 0 Å². The zero-order valence-electron chi connectivity index (χ0n) is 23.9. The Labute approximate surface area is 267 Å². The van der Waals surface area contributed by atoms with Crippen LogP contribution in [-0.4, -0.2) is 57.1 Å². The maximum atomic E-state index is 14.3. The minimum Gasteiger partial charge on any atom is -0.495 e. The van der Waals surface area contributed by atoms with Gasteiger partial charge in [0.25, 0.3) is 0 Å². The first kappa shape index (κ1) is 32.9. The van der Waals surface area contributed by atoms with Crippen LogP contribution in [0, 0.1) is 0 Å². The number of carbonyl (C=O) groups excluding carboxylic acids is 2. The van der Waals surface area contributed by atoms with E-state index >= 15 is 0 Å². The standard InChI is InChI=1S/C31H34Cl3N3O5S/c1-42-29-16-15-22(32)18-27(29)37(43(2,40)41)20-30(38)36(19-24-25(33)13-8-14-26(24)34)28(17-21-9-4-3-5-10-21)31(39)35-23-11-6-7-12-23/h3-5,8-10,13-16,18,23,28H,6-7,11-12,17,19-20H2,1-2H3,(H,35,39). The van der Waals surface area contributed by atoms with Gasteiger partial charge in [0, 0.05) is 39.6 Å². The third-order valence-corrected chi connectivity index (χ3v) is 9.52. The lowest BCUT2D eigenvalue weighted by molar-refractivity contribution is -0.140. The van der Waals surface area contributed by atoms with Crippen LogP contribution in [0.3, 0.4) is 0 Å². The molecule has 0 heterocycles. The lowest BCUT2D eigenvalue weighted by atomic mass is 10.0. The molecule has 3 aromatic rings. The van der Waals surface area contributed by atoms with Crippen LogP contribution in [0.15, 0.2) is 66.7 Å². The molecule has 0 saturated heterocycles. The molecule has 8 nitrogen and oxygen atoms in total. The highest BCUT2D eigenvalue weighted by Gasteiger charge is 2.35. The molecule has 0 aliphatic heterocycles. The third-order valence-electron chi connectivity index (χ3n) is 7.45. The summed E-state index contributed by atoms with van der Waals surface area (Å²) in [6.45, 7) is -0.753. The third kappa shape index (κ3) is 8.56. The Morgan fingerprint density at radius 3 is 2.23 bits per heavy atom. The number of sulfonamides is 1. The first-order chi connectivity index (χ1) is 20.5. The smallest absolute Gasteiger partial charge is 0.244 e. The molecule has 0 spiro atoms. The molecule has 12 heteroatoms. The van der Waals surface area contributed by atoms with Gasteiger partial charge in [-0.1, -0.05) is 84.0 Å². The summed E-state index contributed by atoms with van der Waals surface area (Å²) in [4.78, 5) is 29.7. The number of nitrogens with one attached hydrogen (secondary N) is 1. The molecule has 1 aliphatic carbocycles. The van der Waals surface area contributed by atoms with Crippen LogP contribution in [0.5, 0.6) is 5.75 Å². The average Bonchev–Trinajstić information content (AvgIpc) is 3.47. The van der Waals surface area contributed by atoms with Crippen molar-refractivity contribution in [3.8, 4) is 5.75 Å². The summed E-state index contributed by atoms with van der Waals surface area (Å²) >= 11 is 19.3. The molecule has 1 saturated carbocycles. The van der Waals surface area contributed by atoms with E-state index in [1.807, 2.05) is 30.3 Å². The Bertz CT molecular complexity index is 1530. The molecular weight excluding hydrogens is 633 g/mol. The first-order valence-electron chi connectivity index (χ1n) is 13.9. The van der Waals surface area contributed by atoms with E-state index in [4.69, 9.17) is 39.5 Å². The normalized spacial score (nSPS) is 14.3. The molecule has 0 bridgehead atoms. The molecule has 3 aromatic carbocycles. The van der Waals surface area contributed by atoms with Crippen LogP contribution in [0.25, 0.3) is 0 Å². The summed E-state index contributed by atoms with van der Waals surface area (Å²) < 4.78 is 32.5. The minimum atomic E-state index is -4.01. The average molecular weight is 667 g/mol. The van der Waals surface area contributed by atoms with E-state index in [1.54, 1.807) is 24.3 Å². The van der Waals surface area contributed by atoms with Crippen molar-refractivity contribution >= 4 is 62.3 Å².